The van der Waals surface area contributed by atoms with Gasteiger partial charge in [-0.1, -0.05) is 41.9 Å². The molecule has 3 rings (SSSR count). The molecule has 3 aromatic rings. The first kappa shape index (κ1) is 18.9. The third-order valence-corrected chi connectivity index (χ3v) is 5.74. The number of carboxylic acid groups (broad SMARTS) is 1. The van der Waals surface area contributed by atoms with Gasteiger partial charge in [0.15, 0.2) is 0 Å². The van der Waals surface area contributed by atoms with Crippen molar-refractivity contribution in [2.75, 3.05) is 6.54 Å². The molecule has 0 unspecified atom stereocenters. The zero-order valence-corrected chi connectivity index (χ0v) is 15.6. The lowest BCUT2D eigenvalue weighted by Crippen LogP contribution is -2.23. The molecule has 0 fully saturated rings. The van der Waals surface area contributed by atoms with Gasteiger partial charge in [-0.25, -0.2) is 22.2 Å². The van der Waals surface area contributed by atoms with E-state index < -0.39 is 16.1 Å². The fourth-order valence-corrected chi connectivity index (χ4v) is 4.05. The summed E-state index contributed by atoms with van der Waals surface area (Å²) in [4.78, 5) is 14.5. The summed E-state index contributed by atoms with van der Waals surface area (Å²) in [5.41, 5.74) is 1.89. The molecule has 0 aliphatic carbocycles. The van der Waals surface area contributed by atoms with Crippen LogP contribution in [-0.4, -0.2) is 35.1 Å². The molecule has 0 saturated heterocycles. The maximum absolute atomic E-state index is 13.1. The second-order valence-electron chi connectivity index (χ2n) is 5.70. The minimum Gasteiger partial charge on any atom is -0.465 e. The standard InChI is InChI=1S/C18H16ClN3O4S/c19-17-7-6-15(11-21-17)27(25,26)22-12-13(8-9-20-18(23)24)10-16(22)14-4-2-1-3-5-14/h1-7,10-12,20H,8-9H2,(H,23,24). The number of benzene rings is 1. The Morgan fingerprint density at radius 2 is 1.93 bits per heavy atom. The van der Waals surface area contributed by atoms with E-state index in [4.69, 9.17) is 16.7 Å². The molecule has 0 aliphatic heterocycles. The van der Waals surface area contributed by atoms with Gasteiger partial charge in [-0.3, -0.25) is 0 Å². The monoisotopic (exact) mass is 405 g/mol. The van der Waals surface area contributed by atoms with Gasteiger partial charge in [0.05, 0.1) is 5.69 Å². The molecule has 0 aliphatic rings. The van der Waals surface area contributed by atoms with Crippen molar-refractivity contribution in [1.82, 2.24) is 14.3 Å². The van der Waals surface area contributed by atoms with Crippen molar-refractivity contribution in [1.29, 1.82) is 0 Å². The van der Waals surface area contributed by atoms with Crippen LogP contribution in [0.5, 0.6) is 0 Å². The maximum atomic E-state index is 13.1. The number of pyridine rings is 1. The van der Waals surface area contributed by atoms with Crippen molar-refractivity contribution < 1.29 is 18.3 Å². The predicted octanol–water partition coefficient (Wildman–Crippen LogP) is 3.25. The molecule has 1 aromatic carbocycles. The smallest absolute Gasteiger partial charge is 0.404 e. The Morgan fingerprint density at radius 1 is 1.19 bits per heavy atom. The molecular formula is C18H16ClN3O4S. The molecule has 7 nitrogen and oxygen atoms in total. The number of amides is 1. The Morgan fingerprint density at radius 3 is 2.56 bits per heavy atom. The average molecular weight is 406 g/mol. The van der Waals surface area contributed by atoms with Crippen LogP contribution < -0.4 is 5.32 Å². The second-order valence-corrected chi connectivity index (χ2v) is 7.90. The quantitative estimate of drug-likeness (QED) is 0.613. The highest BCUT2D eigenvalue weighted by Gasteiger charge is 2.22. The molecule has 0 radical (unpaired) electrons. The van der Waals surface area contributed by atoms with Crippen LogP contribution in [0.15, 0.2) is 65.8 Å². The highest BCUT2D eigenvalue weighted by atomic mass is 35.5. The molecule has 1 amide bonds. The lowest BCUT2D eigenvalue weighted by atomic mass is 10.1. The van der Waals surface area contributed by atoms with Crippen LogP contribution in [0.25, 0.3) is 11.3 Å². The van der Waals surface area contributed by atoms with Crippen LogP contribution in [0.4, 0.5) is 4.79 Å². The Balaban J connectivity index is 2.05. The number of aromatic nitrogens is 2. The Hall–Kier alpha value is -2.84. The number of carbonyl (C=O) groups is 1. The van der Waals surface area contributed by atoms with E-state index in [0.29, 0.717) is 17.7 Å². The summed E-state index contributed by atoms with van der Waals surface area (Å²) in [5.74, 6) is 0. The summed E-state index contributed by atoms with van der Waals surface area (Å²) in [6, 6.07) is 13.6. The van der Waals surface area contributed by atoms with E-state index in [1.807, 2.05) is 18.2 Å². The molecule has 2 aromatic heterocycles. The first-order chi connectivity index (χ1) is 12.9. The molecule has 2 N–H and O–H groups in total. The van der Waals surface area contributed by atoms with Crippen molar-refractivity contribution in [3.63, 3.8) is 0 Å². The molecular weight excluding hydrogens is 390 g/mol. The van der Waals surface area contributed by atoms with Crippen molar-refractivity contribution >= 4 is 27.7 Å². The van der Waals surface area contributed by atoms with E-state index in [-0.39, 0.29) is 16.6 Å². The third-order valence-electron chi connectivity index (χ3n) is 3.86. The van der Waals surface area contributed by atoms with Crippen molar-refractivity contribution in [3.8, 4) is 11.3 Å². The van der Waals surface area contributed by atoms with Gasteiger partial charge in [-0.15, -0.1) is 0 Å². The van der Waals surface area contributed by atoms with Crippen LogP contribution in [-0.2, 0) is 16.4 Å². The number of nitrogens with one attached hydrogen (secondary N) is 1. The molecule has 27 heavy (non-hydrogen) atoms. The lowest BCUT2D eigenvalue weighted by molar-refractivity contribution is 0.194. The van der Waals surface area contributed by atoms with E-state index in [9.17, 15) is 13.2 Å². The predicted molar refractivity (Wildman–Crippen MR) is 101 cm³/mol. The van der Waals surface area contributed by atoms with E-state index in [1.165, 1.54) is 28.5 Å². The van der Waals surface area contributed by atoms with Crippen LogP contribution in [0.3, 0.4) is 0 Å². The van der Waals surface area contributed by atoms with E-state index in [1.54, 1.807) is 18.2 Å². The van der Waals surface area contributed by atoms with Crippen molar-refractivity contribution in [2.24, 2.45) is 0 Å². The fraction of sp³-hybridized carbons (Fsp3) is 0.111. The summed E-state index contributed by atoms with van der Waals surface area (Å²) >= 11 is 5.75. The summed E-state index contributed by atoms with van der Waals surface area (Å²) < 4.78 is 27.4. The molecule has 9 heteroatoms. The Bertz CT molecular complexity index is 1050. The SMILES string of the molecule is O=C(O)NCCc1cc(-c2ccccc2)n(S(=O)(=O)c2ccc(Cl)nc2)c1. The minimum atomic E-state index is -3.90. The summed E-state index contributed by atoms with van der Waals surface area (Å²) in [7, 11) is -3.90. The second kappa shape index (κ2) is 7.81. The molecule has 140 valence electrons. The molecule has 0 atom stereocenters. The molecule has 0 saturated carbocycles. The average Bonchev–Trinajstić information content (AvgIpc) is 3.08. The number of rotatable bonds is 6. The fourth-order valence-electron chi connectivity index (χ4n) is 2.59. The molecule has 0 spiro atoms. The van der Waals surface area contributed by atoms with E-state index in [2.05, 4.69) is 10.3 Å². The van der Waals surface area contributed by atoms with Crippen LogP contribution in [0.2, 0.25) is 5.15 Å². The van der Waals surface area contributed by atoms with Gasteiger partial charge < -0.3 is 10.4 Å². The van der Waals surface area contributed by atoms with Gasteiger partial charge in [0, 0.05) is 18.9 Å². The molecule has 2 heterocycles. The largest absolute Gasteiger partial charge is 0.465 e. The highest BCUT2D eigenvalue weighted by molar-refractivity contribution is 7.90. The zero-order valence-electron chi connectivity index (χ0n) is 14.0. The first-order valence-corrected chi connectivity index (χ1v) is 9.80. The number of halogens is 1. The van der Waals surface area contributed by atoms with Gasteiger partial charge in [0.25, 0.3) is 10.0 Å². The zero-order chi connectivity index (χ0) is 19.4. The highest BCUT2D eigenvalue weighted by Crippen LogP contribution is 2.27. The topological polar surface area (TPSA) is 101 Å². The van der Waals surface area contributed by atoms with Crippen LogP contribution in [0, 0.1) is 0 Å². The number of nitrogens with zero attached hydrogens (tertiary/aromatic N) is 2. The van der Waals surface area contributed by atoms with Crippen molar-refractivity contribution in [2.45, 2.75) is 11.3 Å². The van der Waals surface area contributed by atoms with Gasteiger partial charge in [0.2, 0.25) is 0 Å². The number of hydrogen-bond acceptors (Lipinski definition) is 4. The number of hydrogen-bond donors (Lipinski definition) is 2. The van der Waals surface area contributed by atoms with Crippen LogP contribution in [0.1, 0.15) is 5.56 Å². The van der Waals surface area contributed by atoms with Crippen molar-refractivity contribution in [3.05, 3.63) is 71.6 Å². The van der Waals surface area contributed by atoms with Gasteiger partial charge in [-0.05, 0) is 35.7 Å². The van der Waals surface area contributed by atoms with E-state index in [0.717, 1.165) is 5.56 Å². The Labute approximate surface area is 161 Å². The maximum Gasteiger partial charge on any atom is 0.404 e. The van der Waals surface area contributed by atoms with Gasteiger partial charge in [0.1, 0.15) is 10.0 Å². The summed E-state index contributed by atoms with van der Waals surface area (Å²) in [6.07, 6.45) is 1.93. The Kier molecular flexibility index (Phi) is 5.48. The van der Waals surface area contributed by atoms with Crippen LogP contribution >= 0.6 is 11.6 Å². The minimum absolute atomic E-state index is 0.00916. The lowest BCUT2D eigenvalue weighted by Gasteiger charge is -2.10. The van der Waals surface area contributed by atoms with Gasteiger partial charge >= 0.3 is 6.09 Å². The first-order valence-electron chi connectivity index (χ1n) is 7.98. The third kappa shape index (κ3) is 4.29. The molecule has 0 bridgehead atoms. The summed E-state index contributed by atoms with van der Waals surface area (Å²) in [6.45, 7) is 0.177. The normalized spacial score (nSPS) is 11.3. The summed E-state index contributed by atoms with van der Waals surface area (Å²) in [5, 5.41) is 11.2. The van der Waals surface area contributed by atoms with Gasteiger partial charge in [-0.2, -0.15) is 0 Å². The van der Waals surface area contributed by atoms with E-state index >= 15 is 0 Å².